The van der Waals surface area contributed by atoms with Gasteiger partial charge in [-0.05, 0) is 47.7 Å². The van der Waals surface area contributed by atoms with E-state index in [1.165, 1.54) is 12.0 Å². The quantitative estimate of drug-likeness (QED) is 0.456. The fourth-order valence-electron chi connectivity index (χ4n) is 3.90. The number of benzene rings is 3. The molecule has 1 aliphatic rings. The van der Waals surface area contributed by atoms with E-state index in [9.17, 15) is 14.4 Å². The number of imide groups is 1. The van der Waals surface area contributed by atoms with Crippen molar-refractivity contribution in [2.75, 3.05) is 13.7 Å². The summed E-state index contributed by atoms with van der Waals surface area (Å²) < 4.78 is 4.97. The molecule has 2 amide bonds. The van der Waals surface area contributed by atoms with Gasteiger partial charge in [0.25, 0.3) is 11.8 Å². The van der Waals surface area contributed by atoms with Crippen molar-refractivity contribution >= 4 is 17.8 Å². The second-order valence-corrected chi connectivity index (χ2v) is 7.10. The van der Waals surface area contributed by atoms with E-state index in [1.807, 2.05) is 42.5 Å². The van der Waals surface area contributed by atoms with Gasteiger partial charge in [0.05, 0.1) is 23.8 Å². The van der Waals surface area contributed by atoms with Crippen LogP contribution >= 0.6 is 0 Å². The third-order valence-corrected chi connectivity index (χ3v) is 5.35. The van der Waals surface area contributed by atoms with Gasteiger partial charge < -0.3 is 4.74 Å². The monoisotopic (exact) mass is 399 g/mol. The van der Waals surface area contributed by atoms with E-state index < -0.39 is 5.97 Å². The summed E-state index contributed by atoms with van der Waals surface area (Å²) in [6.07, 6.45) is 1.07. The molecule has 1 aliphatic heterocycles. The van der Waals surface area contributed by atoms with Gasteiger partial charge in [0.2, 0.25) is 0 Å². The predicted octanol–water partition coefficient (Wildman–Crippen LogP) is 4.37. The van der Waals surface area contributed by atoms with E-state index in [1.54, 1.807) is 30.3 Å². The first-order valence-electron chi connectivity index (χ1n) is 9.82. The van der Waals surface area contributed by atoms with Crippen molar-refractivity contribution in [3.63, 3.8) is 0 Å². The average Bonchev–Trinajstić information content (AvgIpc) is 3.04. The van der Waals surface area contributed by atoms with Gasteiger partial charge in [-0.15, -0.1) is 0 Å². The van der Waals surface area contributed by atoms with E-state index in [0.29, 0.717) is 29.5 Å². The molecule has 5 heteroatoms. The number of carbonyl (C=O) groups excluding carboxylic acids is 3. The highest BCUT2D eigenvalue weighted by molar-refractivity contribution is 6.21. The molecule has 0 saturated carbocycles. The molecule has 0 N–H and O–H groups in total. The topological polar surface area (TPSA) is 63.7 Å². The van der Waals surface area contributed by atoms with Crippen molar-refractivity contribution in [2.24, 2.45) is 0 Å². The van der Waals surface area contributed by atoms with Crippen LogP contribution in [0.4, 0.5) is 0 Å². The standard InChI is InChI=1S/C25H21NO4/c1-30-25(29)22-14-7-13-18(17-9-3-2-4-10-17)19(22)15-8-16-26-23(27)20-11-5-6-12-21(20)24(26)28/h2-7,9-14H,8,15-16H2,1H3. The molecule has 3 aromatic carbocycles. The third-order valence-electron chi connectivity index (χ3n) is 5.35. The minimum absolute atomic E-state index is 0.264. The van der Waals surface area contributed by atoms with Crippen LogP contribution in [-0.2, 0) is 11.2 Å². The maximum atomic E-state index is 12.6. The van der Waals surface area contributed by atoms with E-state index in [4.69, 9.17) is 4.74 Å². The van der Waals surface area contributed by atoms with Gasteiger partial charge in [0.15, 0.2) is 0 Å². The molecule has 0 unspecified atom stereocenters. The zero-order valence-corrected chi connectivity index (χ0v) is 16.6. The molecule has 0 atom stereocenters. The number of amides is 2. The molecule has 0 aromatic heterocycles. The number of hydrogen-bond acceptors (Lipinski definition) is 4. The van der Waals surface area contributed by atoms with Crippen LogP contribution in [-0.4, -0.2) is 36.3 Å². The maximum Gasteiger partial charge on any atom is 0.338 e. The summed E-state index contributed by atoms with van der Waals surface area (Å²) in [5, 5.41) is 0. The lowest BCUT2D eigenvalue weighted by Gasteiger charge is -2.17. The molecule has 150 valence electrons. The molecular formula is C25H21NO4. The van der Waals surface area contributed by atoms with Gasteiger partial charge in [-0.25, -0.2) is 4.79 Å². The van der Waals surface area contributed by atoms with Crippen molar-refractivity contribution in [3.8, 4) is 11.1 Å². The van der Waals surface area contributed by atoms with Crippen LogP contribution in [0.2, 0.25) is 0 Å². The molecule has 0 saturated heterocycles. The number of carbonyl (C=O) groups is 3. The summed E-state index contributed by atoms with van der Waals surface area (Å²) in [6.45, 7) is 0.288. The number of esters is 1. The highest BCUT2D eigenvalue weighted by Gasteiger charge is 2.34. The zero-order valence-electron chi connectivity index (χ0n) is 16.6. The Morgan fingerprint density at radius 2 is 1.40 bits per heavy atom. The van der Waals surface area contributed by atoms with Crippen LogP contribution < -0.4 is 0 Å². The summed E-state index contributed by atoms with van der Waals surface area (Å²) >= 11 is 0. The van der Waals surface area contributed by atoms with Gasteiger partial charge >= 0.3 is 5.97 Å². The van der Waals surface area contributed by atoms with Crippen LogP contribution in [0.15, 0.2) is 72.8 Å². The first-order valence-corrected chi connectivity index (χ1v) is 9.82. The van der Waals surface area contributed by atoms with E-state index in [2.05, 4.69) is 0 Å². The Morgan fingerprint density at radius 3 is 2.03 bits per heavy atom. The normalized spacial score (nSPS) is 12.8. The maximum absolute atomic E-state index is 12.6. The lowest BCUT2D eigenvalue weighted by molar-refractivity contribution is 0.0595. The minimum atomic E-state index is -0.400. The molecule has 4 rings (SSSR count). The van der Waals surface area contributed by atoms with Gasteiger partial charge in [0, 0.05) is 6.54 Å². The van der Waals surface area contributed by atoms with Crippen molar-refractivity contribution in [1.82, 2.24) is 4.90 Å². The Morgan fingerprint density at radius 1 is 0.800 bits per heavy atom. The van der Waals surface area contributed by atoms with Gasteiger partial charge in [-0.2, -0.15) is 0 Å². The van der Waals surface area contributed by atoms with Crippen LogP contribution in [0.1, 0.15) is 43.1 Å². The zero-order chi connectivity index (χ0) is 21.1. The number of rotatable bonds is 6. The molecule has 1 heterocycles. The summed E-state index contributed by atoms with van der Waals surface area (Å²) in [6, 6.07) is 22.2. The summed E-state index contributed by atoms with van der Waals surface area (Å²) in [5.74, 6) is -0.927. The van der Waals surface area contributed by atoms with Crippen molar-refractivity contribution in [1.29, 1.82) is 0 Å². The highest BCUT2D eigenvalue weighted by Crippen LogP contribution is 2.29. The number of methoxy groups -OCH3 is 1. The molecule has 0 bridgehead atoms. The number of ether oxygens (including phenoxy) is 1. The Bertz CT molecular complexity index is 1090. The fourth-order valence-corrected chi connectivity index (χ4v) is 3.90. The first-order chi connectivity index (χ1) is 14.6. The van der Waals surface area contributed by atoms with Gasteiger partial charge in [-0.1, -0.05) is 54.6 Å². The second kappa shape index (κ2) is 8.33. The third kappa shape index (κ3) is 3.50. The molecule has 0 spiro atoms. The predicted molar refractivity (Wildman–Crippen MR) is 113 cm³/mol. The van der Waals surface area contributed by atoms with E-state index in [0.717, 1.165) is 16.7 Å². The van der Waals surface area contributed by atoms with Gasteiger partial charge in [-0.3, -0.25) is 14.5 Å². The largest absolute Gasteiger partial charge is 0.465 e. The summed E-state index contributed by atoms with van der Waals surface area (Å²) in [4.78, 5) is 38.8. The molecule has 30 heavy (non-hydrogen) atoms. The van der Waals surface area contributed by atoms with E-state index >= 15 is 0 Å². The SMILES string of the molecule is COC(=O)c1cccc(-c2ccccc2)c1CCCN1C(=O)c2ccccc2C1=O. The van der Waals surface area contributed by atoms with Crippen LogP contribution in [0.25, 0.3) is 11.1 Å². The van der Waals surface area contributed by atoms with Crippen molar-refractivity contribution in [3.05, 3.63) is 95.1 Å². The molecule has 5 nitrogen and oxygen atoms in total. The highest BCUT2D eigenvalue weighted by atomic mass is 16.5. The smallest absolute Gasteiger partial charge is 0.338 e. The van der Waals surface area contributed by atoms with Crippen LogP contribution in [0, 0.1) is 0 Å². The van der Waals surface area contributed by atoms with E-state index in [-0.39, 0.29) is 18.4 Å². The fraction of sp³-hybridized carbons (Fsp3) is 0.160. The first kappa shape index (κ1) is 19.6. The number of hydrogen-bond donors (Lipinski definition) is 0. The number of fused-ring (bicyclic) bond motifs is 1. The Kier molecular flexibility index (Phi) is 5.44. The Balaban J connectivity index is 1.58. The molecule has 3 aromatic rings. The molecule has 0 aliphatic carbocycles. The van der Waals surface area contributed by atoms with Gasteiger partial charge in [0.1, 0.15) is 0 Å². The average molecular weight is 399 g/mol. The summed E-state index contributed by atoms with van der Waals surface area (Å²) in [5.41, 5.74) is 4.19. The van der Waals surface area contributed by atoms with Crippen molar-refractivity contribution in [2.45, 2.75) is 12.8 Å². The molecular weight excluding hydrogens is 378 g/mol. The number of nitrogens with zero attached hydrogens (tertiary/aromatic N) is 1. The summed E-state index contributed by atoms with van der Waals surface area (Å²) in [7, 11) is 1.36. The Labute approximate surface area is 174 Å². The molecule has 0 fully saturated rings. The van der Waals surface area contributed by atoms with Crippen molar-refractivity contribution < 1.29 is 19.1 Å². The molecule has 0 radical (unpaired) electrons. The lowest BCUT2D eigenvalue weighted by Crippen LogP contribution is -2.31. The van der Waals surface area contributed by atoms with Crippen LogP contribution in [0.3, 0.4) is 0 Å². The minimum Gasteiger partial charge on any atom is -0.465 e. The second-order valence-electron chi connectivity index (χ2n) is 7.10. The Hall–Kier alpha value is -3.73. The van der Waals surface area contributed by atoms with Crippen LogP contribution in [0.5, 0.6) is 0 Å². The lowest BCUT2D eigenvalue weighted by atomic mass is 9.92.